The lowest BCUT2D eigenvalue weighted by Crippen LogP contribution is -2.41. The van der Waals surface area contributed by atoms with E-state index in [1.165, 1.54) is 0 Å². The molecule has 2 heterocycles. The van der Waals surface area contributed by atoms with E-state index in [0.717, 1.165) is 30.4 Å². The molecule has 0 saturated carbocycles. The summed E-state index contributed by atoms with van der Waals surface area (Å²) < 4.78 is 11.0. The number of Topliss-reactive ketones (excluding diaryl/α,β-unsaturated/α-hetero) is 1. The highest BCUT2D eigenvalue weighted by molar-refractivity contribution is 5.87. The van der Waals surface area contributed by atoms with E-state index in [2.05, 4.69) is 25.7 Å². The quantitative estimate of drug-likeness (QED) is 0.198. The van der Waals surface area contributed by atoms with Gasteiger partial charge in [-0.2, -0.15) is 0 Å². The smallest absolute Gasteiger partial charge is 0.333 e. The van der Waals surface area contributed by atoms with Gasteiger partial charge in [0.25, 0.3) is 0 Å². The molecule has 0 aromatic heterocycles. The van der Waals surface area contributed by atoms with Crippen molar-refractivity contribution in [3.8, 4) is 0 Å². The van der Waals surface area contributed by atoms with Gasteiger partial charge in [-0.3, -0.25) is 4.79 Å². The van der Waals surface area contributed by atoms with Gasteiger partial charge in [0.05, 0.1) is 24.4 Å². The molecule has 8 nitrogen and oxygen atoms in total. The number of carbonyl (C=O) groups excluding carboxylic acids is 2. The van der Waals surface area contributed by atoms with Crippen LogP contribution < -0.4 is 0 Å². The van der Waals surface area contributed by atoms with Crippen molar-refractivity contribution in [2.45, 2.75) is 116 Å². The molecular weight excluding hydrogens is 512 g/mol. The molecule has 1 fully saturated rings. The lowest BCUT2D eigenvalue weighted by Gasteiger charge is -2.26. The summed E-state index contributed by atoms with van der Waals surface area (Å²) in [5, 5.41) is 41.7. The zero-order valence-corrected chi connectivity index (χ0v) is 24.8. The number of epoxide rings is 1. The molecule has 0 unspecified atom stereocenters. The van der Waals surface area contributed by atoms with Crippen LogP contribution in [0.15, 0.2) is 47.6 Å². The topological polar surface area (TPSA) is 137 Å². The predicted octanol–water partition coefficient (Wildman–Crippen LogP) is 3.97. The Morgan fingerprint density at radius 3 is 2.33 bits per heavy atom. The van der Waals surface area contributed by atoms with E-state index in [9.17, 15) is 30.0 Å². The van der Waals surface area contributed by atoms with Gasteiger partial charge in [0.15, 0.2) is 5.78 Å². The SMILES string of the molecule is C=C1/C=C(\C)[C@@H](C)C[C@H](O)CC(=O)[C@H](O)[C@@H](O)[C@H](C)C[C@@H](O)COC(=O)/C(C)=C/CC/C=C/[C@@H]2O[C@H]2C[C@H](C)C1. The maximum absolute atomic E-state index is 12.6. The predicted molar refractivity (Wildman–Crippen MR) is 154 cm³/mol. The second-order valence-corrected chi connectivity index (χ2v) is 12.0. The Bertz CT molecular complexity index is 951. The summed E-state index contributed by atoms with van der Waals surface area (Å²) in [6.07, 6.45) is 6.39. The van der Waals surface area contributed by atoms with Crippen LogP contribution in [-0.4, -0.2) is 75.4 Å². The van der Waals surface area contributed by atoms with Crippen molar-refractivity contribution in [2.24, 2.45) is 17.8 Å². The molecule has 2 rings (SSSR count). The molecule has 9 atom stereocenters. The van der Waals surface area contributed by atoms with E-state index in [0.29, 0.717) is 24.3 Å². The van der Waals surface area contributed by atoms with Gasteiger partial charge in [-0.25, -0.2) is 4.79 Å². The third-order valence-corrected chi connectivity index (χ3v) is 7.86. The molecule has 1 saturated heterocycles. The Morgan fingerprint density at radius 1 is 0.925 bits per heavy atom. The Balaban J connectivity index is 2.08. The molecule has 0 amide bonds. The normalized spacial score (nSPS) is 40.4. The van der Waals surface area contributed by atoms with Gasteiger partial charge in [-0.15, -0.1) is 0 Å². The van der Waals surface area contributed by atoms with E-state index in [1.54, 1.807) is 19.9 Å². The first-order chi connectivity index (χ1) is 18.8. The summed E-state index contributed by atoms with van der Waals surface area (Å²) >= 11 is 0. The maximum Gasteiger partial charge on any atom is 0.333 e. The number of ether oxygens (including phenoxy) is 2. The summed E-state index contributed by atoms with van der Waals surface area (Å²) in [7, 11) is 0. The molecule has 0 aromatic rings. The number of aliphatic hydroxyl groups is 4. The Labute approximate surface area is 239 Å². The number of cyclic esters (lactones) is 1. The number of carbonyl (C=O) groups is 2. The lowest BCUT2D eigenvalue weighted by atomic mass is 9.88. The summed E-state index contributed by atoms with van der Waals surface area (Å²) in [4.78, 5) is 24.8. The fourth-order valence-electron chi connectivity index (χ4n) is 5.13. The Kier molecular flexibility index (Phi) is 14.0. The first-order valence-electron chi connectivity index (χ1n) is 14.5. The highest BCUT2D eigenvalue weighted by atomic mass is 16.6. The lowest BCUT2D eigenvalue weighted by molar-refractivity contribution is -0.143. The van der Waals surface area contributed by atoms with Crippen molar-refractivity contribution in [3.63, 3.8) is 0 Å². The number of rotatable bonds is 0. The highest BCUT2D eigenvalue weighted by Crippen LogP contribution is 2.32. The minimum Gasteiger partial charge on any atom is -0.460 e. The van der Waals surface area contributed by atoms with Crippen LogP contribution in [0, 0.1) is 17.8 Å². The number of hydrogen-bond acceptors (Lipinski definition) is 8. The summed E-state index contributed by atoms with van der Waals surface area (Å²) in [5.74, 6) is -1.45. The van der Waals surface area contributed by atoms with Crippen molar-refractivity contribution in [3.05, 3.63) is 47.6 Å². The van der Waals surface area contributed by atoms with Crippen LogP contribution in [0.1, 0.15) is 79.6 Å². The van der Waals surface area contributed by atoms with Gasteiger partial charge >= 0.3 is 5.97 Å². The molecule has 0 radical (unpaired) electrons. The number of allylic oxidation sites excluding steroid dienone is 5. The maximum atomic E-state index is 12.6. The molecule has 40 heavy (non-hydrogen) atoms. The summed E-state index contributed by atoms with van der Waals surface area (Å²) in [6.45, 7) is 13.3. The van der Waals surface area contributed by atoms with Gasteiger partial charge in [0, 0.05) is 12.0 Å². The highest BCUT2D eigenvalue weighted by Gasteiger charge is 2.37. The van der Waals surface area contributed by atoms with Crippen LogP contribution >= 0.6 is 0 Å². The van der Waals surface area contributed by atoms with E-state index < -0.39 is 42.1 Å². The van der Waals surface area contributed by atoms with Crippen LogP contribution in [0.4, 0.5) is 0 Å². The minimum atomic E-state index is -1.69. The zero-order chi connectivity index (χ0) is 30.0. The third-order valence-electron chi connectivity index (χ3n) is 7.86. The molecule has 4 N–H and O–H groups in total. The second kappa shape index (κ2) is 16.4. The standard InChI is InChI=1S/C32H50O8/c1-19-12-20(2)14-29-28(40-29)11-9-7-8-10-21(3)32(38)39-18-26(34)16-24(6)30(36)31(37)27(35)17-25(33)15-23(5)22(4)13-19/h9-11,13,20,23-26,28-31,33-34,36-37H,1,7-8,12,14-18H2,2-6H3/b11-9+,21-10+,22-13+/t20-,23+,24-,25+,26-,28+,29+,30+,31+/m1/s1. The monoisotopic (exact) mass is 562 g/mol. The second-order valence-electron chi connectivity index (χ2n) is 12.0. The molecule has 0 bridgehead atoms. The van der Waals surface area contributed by atoms with Gasteiger partial charge < -0.3 is 29.9 Å². The van der Waals surface area contributed by atoms with E-state index >= 15 is 0 Å². The third kappa shape index (κ3) is 11.8. The van der Waals surface area contributed by atoms with Crippen LogP contribution in [0.2, 0.25) is 0 Å². The van der Waals surface area contributed by atoms with Crippen molar-refractivity contribution in [2.75, 3.05) is 6.61 Å². The average molecular weight is 563 g/mol. The molecule has 226 valence electrons. The number of ketones is 1. The molecule has 8 heteroatoms. The largest absolute Gasteiger partial charge is 0.460 e. The number of fused-ring (bicyclic) bond motifs is 1. The molecular formula is C32H50O8. The molecule has 2 aliphatic heterocycles. The Morgan fingerprint density at radius 2 is 1.62 bits per heavy atom. The fraction of sp³-hybridized carbons (Fsp3) is 0.688. The molecule has 0 aliphatic carbocycles. The van der Waals surface area contributed by atoms with Crippen LogP contribution in [0.25, 0.3) is 0 Å². The van der Waals surface area contributed by atoms with Crippen molar-refractivity contribution < 1.29 is 39.5 Å². The molecule has 0 aromatic carbocycles. The van der Waals surface area contributed by atoms with E-state index in [4.69, 9.17) is 9.47 Å². The number of esters is 1. The van der Waals surface area contributed by atoms with E-state index in [-0.39, 0.29) is 37.6 Å². The summed E-state index contributed by atoms with van der Waals surface area (Å²) in [5.41, 5.74) is 2.50. The minimum absolute atomic E-state index is 0.00393. The van der Waals surface area contributed by atoms with Crippen LogP contribution in [-0.2, 0) is 19.1 Å². The fourth-order valence-corrected chi connectivity index (χ4v) is 5.13. The van der Waals surface area contributed by atoms with Crippen LogP contribution in [0.5, 0.6) is 0 Å². The van der Waals surface area contributed by atoms with Crippen molar-refractivity contribution >= 4 is 11.8 Å². The van der Waals surface area contributed by atoms with Crippen molar-refractivity contribution in [1.29, 1.82) is 0 Å². The zero-order valence-electron chi connectivity index (χ0n) is 24.8. The van der Waals surface area contributed by atoms with Crippen molar-refractivity contribution in [1.82, 2.24) is 0 Å². The Hall–Kier alpha value is -2.10. The molecule has 0 spiro atoms. The first-order valence-corrected chi connectivity index (χ1v) is 14.5. The number of hydrogen-bond donors (Lipinski definition) is 4. The number of aliphatic hydroxyl groups excluding tert-OH is 4. The first kappa shape index (κ1) is 34.1. The van der Waals surface area contributed by atoms with Gasteiger partial charge in [0.2, 0.25) is 0 Å². The average Bonchev–Trinajstić information content (AvgIpc) is 3.61. The van der Waals surface area contributed by atoms with Gasteiger partial charge in [-0.1, -0.05) is 62.8 Å². The molecule has 2 aliphatic rings. The van der Waals surface area contributed by atoms with Crippen LogP contribution in [0.3, 0.4) is 0 Å². The van der Waals surface area contributed by atoms with E-state index in [1.807, 2.05) is 19.9 Å². The van der Waals surface area contributed by atoms with Gasteiger partial charge in [-0.05, 0) is 70.1 Å². The van der Waals surface area contributed by atoms with Gasteiger partial charge in [0.1, 0.15) is 18.8 Å². The summed E-state index contributed by atoms with van der Waals surface area (Å²) in [6, 6.07) is 0.